The van der Waals surface area contributed by atoms with E-state index in [2.05, 4.69) is 0 Å². The number of rotatable bonds is 5. The van der Waals surface area contributed by atoms with Crippen LogP contribution >= 0.6 is 0 Å². The van der Waals surface area contributed by atoms with Gasteiger partial charge in [0.15, 0.2) is 0 Å². The molecule has 2 rings (SSSR count). The van der Waals surface area contributed by atoms with Crippen LogP contribution in [0.5, 0.6) is 5.75 Å². The number of methoxy groups -OCH3 is 1. The van der Waals surface area contributed by atoms with Gasteiger partial charge >= 0.3 is 10.1 Å². The molecule has 1 atom stereocenters. The Kier molecular flexibility index (Phi) is 4.65. The van der Waals surface area contributed by atoms with Gasteiger partial charge in [0.1, 0.15) is 10.6 Å². The fourth-order valence-corrected chi connectivity index (χ4v) is 2.76. The normalized spacial score (nSPS) is 12.9. The van der Waals surface area contributed by atoms with E-state index < -0.39 is 10.1 Å². The monoisotopic (exact) mass is 306 g/mol. The molecule has 112 valence electrons. The second-order valence-electron chi connectivity index (χ2n) is 4.80. The van der Waals surface area contributed by atoms with Crippen molar-refractivity contribution in [1.82, 2.24) is 0 Å². The van der Waals surface area contributed by atoms with Crippen LogP contribution in [0.4, 0.5) is 0 Å². The molecule has 0 saturated heterocycles. The minimum Gasteiger partial charge on any atom is -0.379 e. The molecule has 0 bridgehead atoms. The van der Waals surface area contributed by atoms with Gasteiger partial charge in [-0.2, -0.15) is 8.42 Å². The zero-order valence-electron chi connectivity index (χ0n) is 12.2. The molecule has 0 radical (unpaired) electrons. The maximum atomic E-state index is 12.2. The van der Waals surface area contributed by atoms with Gasteiger partial charge in [0.2, 0.25) is 0 Å². The lowest BCUT2D eigenvalue weighted by molar-refractivity contribution is 0.119. The smallest absolute Gasteiger partial charge is 0.339 e. The Balaban J connectivity index is 2.26. The summed E-state index contributed by atoms with van der Waals surface area (Å²) in [5.41, 5.74) is 1.85. The summed E-state index contributed by atoms with van der Waals surface area (Å²) >= 11 is 0. The van der Waals surface area contributed by atoms with Crippen molar-refractivity contribution < 1.29 is 17.3 Å². The Bertz CT molecular complexity index is 705. The molecule has 21 heavy (non-hydrogen) atoms. The van der Waals surface area contributed by atoms with Gasteiger partial charge < -0.3 is 8.92 Å². The number of aryl methyl sites for hydroxylation is 1. The lowest BCUT2D eigenvalue weighted by Gasteiger charge is -2.12. The van der Waals surface area contributed by atoms with Crippen molar-refractivity contribution in [3.8, 4) is 5.75 Å². The van der Waals surface area contributed by atoms with E-state index in [0.29, 0.717) is 0 Å². The molecule has 0 aliphatic heterocycles. The van der Waals surface area contributed by atoms with Crippen LogP contribution in [0.1, 0.15) is 24.2 Å². The third-order valence-corrected chi connectivity index (χ3v) is 4.46. The van der Waals surface area contributed by atoms with E-state index in [1.165, 1.54) is 12.1 Å². The highest BCUT2D eigenvalue weighted by atomic mass is 32.2. The Labute approximate surface area is 125 Å². The highest BCUT2D eigenvalue weighted by Crippen LogP contribution is 2.24. The first-order valence-corrected chi connectivity index (χ1v) is 7.97. The van der Waals surface area contributed by atoms with E-state index in [4.69, 9.17) is 8.92 Å². The van der Waals surface area contributed by atoms with Crippen LogP contribution in [0.3, 0.4) is 0 Å². The van der Waals surface area contributed by atoms with Crippen LogP contribution in [0.2, 0.25) is 0 Å². The summed E-state index contributed by atoms with van der Waals surface area (Å²) in [6, 6.07) is 13.4. The highest BCUT2D eigenvalue weighted by molar-refractivity contribution is 7.87. The van der Waals surface area contributed by atoms with Gasteiger partial charge in [0, 0.05) is 7.11 Å². The highest BCUT2D eigenvalue weighted by Gasteiger charge is 2.17. The molecule has 0 N–H and O–H groups in total. The summed E-state index contributed by atoms with van der Waals surface area (Å²) in [4.78, 5) is 0.137. The number of hydrogen-bond donors (Lipinski definition) is 0. The first-order chi connectivity index (χ1) is 9.92. The summed E-state index contributed by atoms with van der Waals surface area (Å²) in [7, 11) is -2.22. The van der Waals surface area contributed by atoms with Gasteiger partial charge in [-0.3, -0.25) is 0 Å². The molecule has 0 aromatic heterocycles. The summed E-state index contributed by atoms with van der Waals surface area (Å²) < 4.78 is 34.8. The van der Waals surface area contributed by atoms with Crippen LogP contribution in [-0.4, -0.2) is 15.5 Å². The van der Waals surface area contributed by atoms with E-state index in [1.54, 1.807) is 37.4 Å². The Hall–Kier alpha value is -1.85. The standard InChI is InChI=1S/C16H18O4S/c1-12-7-9-16(10-8-12)21(17,18)20-15-6-4-5-14(11-15)13(2)19-3/h4-11,13H,1-3H3. The summed E-state index contributed by atoms with van der Waals surface area (Å²) in [6.45, 7) is 3.78. The van der Waals surface area contributed by atoms with E-state index in [-0.39, 0.29) is 16.7 Å². The van der Waals surface area contributed by atoms with Crippen molar-refractivity contribution >= 4 is 10.1 Å². The fourth-order valence-electron chi connectivity index (χ4n) is 1.84. The lowest BCUT2D eigenvalue weighted by atomic mass is 10.1. The Morgan fingerprint density at radius 2 is 1.71 bits per heavy atom. The van der Waals surface area contributed by atoms with Gasteiger partial charge in [-0.15, -0.1) is 0 Å². The second-order valence-corrected chi connectivity index (χ2v) is 6.35. The predicted octanol–water partition coefficient (Wildman–Crippen LogP) is 3.47. The zero-order valence-corrected chi connectivity index (χ0v) is 13.1. The van der Waals surface area contributed by atoms with Crippen LogP contribution in [0.25, 0.3) is 0 Å². The summed E-state index contributed by atoms with van der Waals surface area (Å²) in [5.74, 6) is 0.275. The minimum absolute atomic E-state index is 0.129. The first-order valence-electron chi connectivity index (χ1n) is 6.56. The molecule has 0 saturated carbocycles. The van der Waals surface area contributed by atoms with E-state index in [9.17, 15) is 8.42 Å². The van der Waals surface area contributed by atoms with Crippen molar-refractivity contribution in [2.75, 3.05) is 7.11 Å². The minimum atomic E-state index is -3.82. The molecular weight excluding hydrogens is 288 g/mol. The van der Waals surface area contributed by atoms with Gasteiger partial charge in [0.05, 0.1) is 6.10 Å². The third kappa shape index (κ3) is 3.83. The molecule has 0 aliphatic carbocycles. The molecule has 0 spiro atoms. The lowest BCUT2D eigenvalue weighted by Crippen LogP contribution is -2.10. The van der Waals surface area contributed by atoms with Gasteiger partial charge in [-0.25, -0.2) is 0 Å². The molecule has 5 heteroatoms. The van der Waals surface area contributed by atoms with Crippen molar-refractivity contribution in [3.05, 3.63) is 59.7 Å². The maximum absolute atomic E-state index is 12.2. The summed E-state index contributed by atoms with van der Waals surface area (Å²) in [5, 5.41) is 0. The van der Waals surface area contributed by atoms with Crippen LogP contribution in [-0.2, 0) is 14.9 Å². The van der Waals surface area contributed by atoms with Gasteiger partial charge in [-0.1, -0.05) is 29.8 Å². The Morgan fingerprint density at radius 3 is 2.33 bits per heavy atom. The molecule has 0 heterocycles. The quantitative estimate of drug-likeness (QED) is 0.794. The van der Waals surface area contributed by atoms with Crippen molar-refractivity contribution in [3.63, 3.8) is 0 Å². The molecular formula is C16H18O4S. The average Bonchev–Trinajstić information content (AvgIpc) is 2.46. The molecule has 1 unspecified atom stereocenters. The molecule has 0 aliphatic rings. The number of hydrogen-bond acceptors (Lipinski definition) is 4. The Morgan fingerprint density at radius 1 is 1.05 bits per heavy atom. The van der Waals surface area contributed by atoms with Crippen molar-refractivity contribution in [1.29, 1.82) is 0 Å². The SMILES string of the molecule is COC(C)c1cccc(OS(=O)(=O)c2ccc(C)cc2)c1. The topological polar surface area (TPSA) is 52.6 Å². The summed E-state index contributed by atoms with van der Waals surface area (Å²) in [6.07, 6.45) is -0.129. The molecule has 0 fully saturated rings. The largest absolute Gasteiger partial charge is 0.379 e. The van der Waals surface area contributed by atoms with Crippen molar-refractivity contribution in [2.24, 2.45) is 0 Å². The predicted molar refractivity (Wildman–Crippen MR) is 80.9 cm³/mol. The van der Waals surface area contributed by atoms with Crippen molar-refractivity contribution in [2.45, 2.75) is 24.8 Å². The zero-order chi connectivity index (χ0) is 15.5. The molecule has 2 aromatic rings. The molecule has 4 nitrogen and oxygen atoms in total. The van der Waals surface area contributed by atoms with E-state index >= 15 is 0 Å². The third-order valence-electron chi connectivity index (χ3n) is 3.20. The first kappa shape index (κ1) is 15.5. The van der Waals surface area contributed by atoms with Crippen LogP contribution < -0.4 is 4.18 Å². The molecule has 0 amide bonds. The van der Waals surface area contributed by atoms with Crippen LogP contribution in [0, 0.1) is 6.92 Å². The van der Waals surface area contributed by atoms with E-state index in [1.807, 2.05) is 19.9 Å². The van der Waals surface area contributed by atoms with E-state index in [0.717, 1.165) is 11.1 Å². The maximum Gasteiger partial charge on any atom is 0.339 e. The number of benzene rings is 2. The average molecular weight is 306 g/mol. The fraction of sp³-hybridized carbons (Fsp3) is 0.250. The van der Waals surface area contributed by atoms with Gasteiger partial charge in [0.25, 0.3) is 0 Å². The molecule has 2 aromatic carbocycles. The second kappa shape index (κ2) is 6.28. The van der Waals surface area contributed by atoms with Gasteiger partial charge in [-0.05, 0) is 43.7 Å². The van der Waals surface area contributed by atoms with Crippen LogP contribution in [0.15, 0.2) is 53.4 Å². The number of ether oxygens (including phenoxy) is 1.